The highest BCUT2D eigenvalue weighted by Gasteiger charge is 2.08. The molecule has 0 bridgehead atoms. The molecule has 0 aliphatic rings. The van der Waals surface area contributed by atoms with E-state index >= 15 is 0 Å². The molecule has 0 saturated heterocycles. The number of aliphatic hydroxyl groups is 1. The maximum Gasteiger partial charge on any atom is 0.319 e. The van der Waals surface area contributed by atoms with Gasteiger partial charge in [-0.2, -0.15) is 0 Å². The molecule has 2 aromatic rings. The predicted molar refractivity (Wildman–Crippen MR) is 85.6 cm³/mol. The lowest BCUT2D eigenvalue weighted by Crippen LogP contribution is -2.36. The summed E-state index contributed by atoms with van der Waals surface area (Å²) in [5.74, 6) is 0. The third-order valence-corrected chi connectivity index (χ3v) is 3.94. The van der Waals surface area contributed by atoms with Crippen molar-refractivity contribution in [3.05, 3.63) is 35.3 Å². The van der Waals surface area contributed by atoms with Gasteiger partial charge in [-0.25, -0.2) is 9.78 Å². The molecule has 112 valence electrons. The maximum absolute atomic E-state index is 11.8. The van der Waals surface area contributed by atoms with E-state index in [2.05, 4.69) is 15.6 Å². The average molecular weight is 305 g/mol. The van der Waals surface area contributed by atoms with Crippen molar-refractivity contribution in [1.29, 1.82) is 0 Å². The van der Waals surface area contributed by atoms with Crippen LogP contribution in [0.2, 0.25) is 0 Å². The number of rotatable bonds is 5. The fraction of sp³-hybridized carbons (Fsp3) is 0.333. The summed E-state index contributed by atoms with van der Waals surface area (Å²) in [5.41, 5.74) is 2.69. The minimum atomic E-state index is -0.275. The molecule has 1 heterocycles. The third kappa shape index (κ3) is 4.54. The standard InChI is InChI=1S/C15H19N3O2S/c1-10(6-7-19)17-15(20)18-13-5-3-4-12(8-13)14-16-11(2)9-21-14/h3-5,8-10,19H,6-7H2,1-2H3,(H2,17,18,20)/t10-/m1/s1. The topological polar surface area (TPSA) is 74.2 Å². The Balaban J connectivity index is 2.03. The number of benzene rings is 1. The number of aromatic nitrogens is 1. The van der Waals surface area contributed by atoms with Gasteiger partial charge in [0, 0.05) is 35.0 Å². The maximum atomic E-state index is 11.8. The number of nitrogens with zero attached hydrogens (tertiary/aromatic N) is 1. The fourth-order valence-electron chi connectivity index (χ4n) is 1.87. The molecule has 1 aromatic heterocycles. The quantitative estimate of drug-likeness (QED) is 0.795. The van der Waals surface area contributed by atoms with E-state index in [1.54, 1.807) is 11.3 Å². The second kappa shape index (κ2) is 7.19. The van der Waals surface area contributed by atoms with Crippen LogP contribution in [0.15, 0.2) is 29.6 Å². The summed E-state index contributed by atoms with van der Waals surface area (Å²) in [5, 5.41) is 17.3. The zero-order valence-electron chi connectivity index (χ0n) is 12.1. The van der Waals surface area contributed by atoms with Crippen molar-refractivity contribution >= 4 is 23.1 Å². The molecule has 0 saturated carbocycles. The van der Waals surface area contributed by atoms with Gasteiger partial charge < -0.3 is 15.7 Å². The number of anilines is 1. The van der Waals surface area contributed by atoms with Crippen LogP contribution >= 0.6 is 11.3 Å². The molecular weight excluding hydrogens is 286 g/mol. The zero-order valence-corrected chi connectivity index (χ0v) is 12.9. The van der Waals surface area contributed by atoms with Crippen molar-refractivity contribution < 1.29 is 9.90 Å². The first-order valence-corrected chi connectivity index (χ1v) is 7.67. The number of hydrogen-bond acceptors (Lipinski definition) is 4. The molecule has 0 radical (unpaired) electrons. The summed E-state index contributed by atoms with van der Waals surface area (Å²) < 4.78 is 0. The first-order chi connectivity index (χ1) is 10.1. The summed E-state index contributed by atoms with van der Waals surface area (Å²) in [4.78, 5) is 16.3. The van der Waals surface area contributed by atoms with Crippen LogP contribution < -0.4 is 10.6 Å². The SMILES string of the molecule is Cc1csc(-c2cccc(NC(=O)N[C@H](C)CCO)c2)n1. The molecule has 1 atom stereocenters. The molecule has 21 heavy (non-hydrogen) atoms. The number of aliphatic hydroxyl groups excluding tert-OH is 1. The van der Waals surface area contributed by atoms with Crippen molar-refractivity contribution in [3.63, 3.8) is 0 Å². The van der Waals surface area contributed by atoms with Gasteiger partial charge in [0.25, 0.3) is 0 Å². The highest BCUT2D eigenvalue weighted by atomic mass is 32.1. The lowest BCUT2D eigenvalue weighted by Gasteiger charge is -2.13. The molecule has 0 spiro atoms. The molecule has 2 amide bonds. The molecule has 6 heteroatoms. The number of urea groups is 1. The van der Waals surface area contributed by atoms with Crippen LogP contribution in [0.25, 0.3) is 10.6 Å². The molecule has 0 aliphatic carbocycles. The van der Waals surface area contributed by atoms with Gasteiger partial charge >= 0.3 is 6.03 Å². The second-order valence-electron chi connectivity index (χ2n) is 4.89. The van der Waals surface area contributed by atoms with Crippen LogP contribution in [-0.2, 0) is 0 Å². The van der Waals surface area contributed by atoms with E-state index in [0.717, 1.165) is 16.3 Å². The number of carbonyl (C=O) groups excluding carboxylic acids is 1. The highest BCUT2D eigenvalue weighted by Crippen LogP contribution is 2.25. The van der Waals surface area contributed by atoms with E-state index in [1.807, 2.05) is 43.5 Å². The molecule has 0 aliphatic heterocycles. The highest BCUT2D eigenvalue weighted by molar-refractivity contribution is 7.13. The first kappa shape index (κ1) is 15.5. The lowest BCUT2D eigenvalue weighted by atomic mass is 10.2. The Labute approximate surface area is 128 Å². The summed E-state index contributed by atoms with van der Waals surface area (Å²) in [6, 6.07) is 7.24. The van der Waals surface area contributed by atoms with Gasteiger partial charge in [-0.15, -0.1) is 11.3 Å². The van der Waals surface area contributed by atoms with Gasteiger partial charge in [0.2, 0.25) is 0 Å². The van der Waals surface area contributed by atoms with E-state index < -0.39 is 0 Å². The molecule has 5 nitrogen and oxygen atoms in total. The fourth-order valence-corrected chi connectivity index (χ4v) is 2.67. The van der Waals surface area contributed by atoms with Gasteiger partial charge in [0.05, 0.1) is 0 Å². The van der Waals surface area contributed by atoms with Gasteiger partial charge in [0.15, 0.2) is 0 Å². The van der Waals surface area contributed by atoms with Crippen LogP contribution in [0.4, 0.5) is 10.5 Å². The Morgan fingerprint density at radius 1 is 1.48 bits per heavy atom. The van der Waals surface area contributed by atoms with Crippen LogP contribution in [0.1, 0.15) is 19.0 Å². The third-order valence-electron chi connectivity index (χ3n) is 2.93. The number of aryl methyl sites for hydroxylation is 1. The number of hydrogen-bond donors (Lipinski definition) is 3. The Morgan fingerprint density at radius 3 is 2.95 bits per heavy atom. The largest absolute Gasteiger partial charge is 0.396 e. The van der Waals surface area contributed by atoms with Gasteiger partial charge in [-0.3, -0.25) is 0 Å². The Morgan fingerprint density at radius 2 is 2.29 bits per heavy atom. The monoisotopic (exact) mass is 305 g/mol. The molecular formula is C15H19N3O2S. The average Bonchev–Trinajstić information content (AvgIpc) is 2.86. The zero-order chi connectivity index (χ0) is 15.2. The molecule has 2 rings (SSSR count). The van der Waals surface area contributed by atoms with E-state index in [-0.39, 0.29) is 18.7 Å². The van der Waals surface area contributed by atoms with Crippen LogP contribution in [0.3, 0.4) is 0 Å². The van der Waals surface area contributed by atoms with E-state index in [0.29, 0.717) is 12.1 Å². The van der Waals surface area contributed by atoms with Crippen LogP contribution in [-0.4, -0.2) is 28.8 Å². The molecule has 3 N–H and O–H groups in total. The minimum absolute atomic E-state index is 0.0559. The predicted octanol–water partition coefficient (Wildman–Crippen LogP) is 3.01. The smallest absolute Gasteiger partial charge is 0.319 e. The van der Waals surface area contributed by atoms with Gasteiger partial charge in [0.1, 0.15) is 5.01 Å². The summed E-state index contributed by atoms with van der Waals surface area (Å²) in [6.07, 6.45) is 0.534. The minimum Gasteiger partial charge on any atom is -0.396 e. The number of carbonyl (C=O) groups is 1. The van der Waals surface area contributed by atoms with Crippen molar-refractivity contribution in [2.24, 2.45) is 0 Å². The summed E-state index contributed by atoms with van der Waals surface area (Å²) >= 11 is 1.58. The number of thiazole rings is 1. The van der Waals surface area contributed by atoms with Crippen LogP contribution in [0, 0.1) is 6.92 Å². The molecule has 0 unspecified atom stereocenters. The summed E-state index contributed by atoms with van der Waals surface area (Å²) in [6.45, 7) is 3.86. The second-order valence-corrected chi connectivity index (χ2v) is 5.74. The number of nitrogens with one attached hydrogen (secondary N) is 2. The lowest BCUT2D eigenvalue weighted by molar-refractivity contribution is 0.241. The Kier molecular flexibility index (Phi) is 5.30. The Hall–Kier alpha value is -1.92. The Bertz CT molecular complexity index is 612. The van der Waals surface area contributed by atoms with Crippen molar-refractivity contribution in [3.8, 4) is 10.6 Å². The van der Waals surface area contributed by atoms with Crippen molar-refractivity contribution in [2.75, 3.05) is 11.9 Å². The summed E-state index contributed by atoms with van der Waals surface area (Å²) in [7, 11) is 0. The van der Waals surface area contributed by atoms with E-state index in [1.165, 1.54) is 0 Å². The van der Waals surface area contributed by atoms with Crippen molar-refractivity contribution in [2.45, 2.75) is 26.3 Å². The normalized spacial score (nSPS) is 12.0. The van der Waals surface area contributed by atoms with E-state index in [9.17, 15) is 4.79 Å². The first-order valence-electron chi connectivity index (χ1n) is 6.79. The molecule has 0 fully saturated rings. The van der Waals surface area contributed by atoms with Gasteiger partial charge in [-0.05, 0) is 32.4 Å². The number of amides is 2. The van der Waals surface area contributed by atoms with Crippen molar-refractivity contribution in [1.82, 2.24) is 10.3 Å². The van der Waals surface area contributed by atoms with Crippen LogP contribution in [0.5, 0.6) is 0 Å². The van der Waals surface area contributed by atoms with Gasteiger partial charge in [-0.1, -0.05) is 12.1 Å². The molecule has 1 aromatic carbocycles. The van der Waals surface area contributed by atoms with E-state index in [4.69, 9.17) is 5.11 Å².